The van der Waals surface area contributed by atoms with Crippen molar-refractivity contribution in [1.82, 2.24) is 0 Å². The number of nitrogens with zero attached hydrogens (tertiary/aromatic N) is 1. The molecule has 0 radical (unpaired) electrons. The summed E-state index contributed by atoms with van der Waals surface area (Å²) in [5.41, 5.74) is 0. The summed E-state index contributed by atoms with van der Waals surface area (Å²) in [4.78, 5) is 22.9. The van der Waals surface area contributed by atoms with E-state index in [1.807, 2.05) is 21.1 Å². The maximum Gasteiger partial charge on any atom is 0.472 e. The molecule has 0 aliphatic carbocycles. The van der Waals surface area contributed by atoms with E-state index >= 15 is 0 Å². The zero-order valence-corrected chi connectivity index (χ0v) is 39.0. The topological polar surface area (TPSA) is 91.3 Å². The van der Waals surface area contributed by atoms with Crippen LogP contribution in [0.3, 0.4) is 0 Å². The number of rotatable bonds is 46. The molecule has 56 heavy (non-hydrogen) atoms. The van der Waals surface area contributed by atoms with Gasteiger partial charge >= 0.3 is 13.8 Å². The normalized spacial score (nSPS) is 13.6. The summed E-state index contributed by atoms with van der Waals surface area (Å²) in [5, 5.41) is 0. The van der Waals surface area contributed by atoms with Crippen molar-refractivity contribution in [3.05, 3.63) is 0 Å². The van der Waals surface area contributed by atoms with Gasteiger partial charge in [0, 0.05) is 13.0 Å². The molecule has 0 aromatic heterocycles. The fourth-order valence-corrected chi connectivity index (χ4v) is 7.89. The van der Waals surface area contributed by atoms with Crippen LogP contribution in [0.1, 0.15) is 239 Å². The van der Waals surface area contributed by atoms with Crippen molar-refractivity contribution in [2.24, 2.45) is 0 Å². The Morgan fingerprint density at radius 3 is 1.18 bits per heavy atom. The fraction of sp³-hybridized carbons (Fsp3) is 0.979. The van der Waals surface area contributed by atoms with E-state index in [4.69, 9.17) is 18.5 Å². The molecule has 0 amide bonds. The molecule has 336 valence electrons. The number of carbonyl (C=O) groups excluding carboxylic acids is 1. The molecule has 0 bridgehead atoms. The van der Waals surface area contributed by atoms with Gasteiger partial charge in [0.05, 0.1) is 34.4 Å². The molecule has 0 saturated carbocycles. The van der Waals surface area contributed by atoms with Crippen LogP contribution in [-0.2, 0) is 27.9 Å². The van der Waals surface area contributed by atoms with Gasteiger partial charge in [0.15, 0.2) is 0 Å². The molecule has 2 atom stereocenters. The molecule has 0 spiro atoms. The van der Waals surface area contributed by atoms with Crippen molar-refractivity contribution in [3.63, 3.8) is 0 Å². The van der Waals surface area contributed by atoms with Crippen molar-refractivity contribution < 1.29 is 37.3 Å². The molecule has 9 heteroatoms. The van der Waals surface area contributed by atoms with Crippen LogP contribution in [0.2, 0.25) is 0 Å². The number of hydrogen-bond acceptors (Lipinski definition) is 6. The van der Waals surface area contributed by atoms with Gasteiger partial charge in [-0.15, -0.1) is 0 Å². The first kappa shape index (κ1) is 55.5. The Balaban J connectivity index is 4.12. The van der Waals surface area contributed by atoms with Crippen LogP contribution in [0.4, 0.5) is 0 Å². The maximum absolute atomic E-state index is 12.7. The molecular formula is C47H97NO7P+. The first-order chi connectivity index (χ1) is 27.1. The quantitative estimate of drug-likeness (QED) is 0.0283. The van der Waals surface area contributed by atoms with Crippen LogP contribution in [0.5, 0.6) is 0 Å². The van der Waals surface area contributed by atoms with Gasteiger partial charge in [-0.2, -0.15) is 0 Å². The Kier molecular flexibility index (Phi) is 40.9. The highest BCUT2D eigenvalue weighted by Crippen LogP contribution is 2.43. The minimum atomic E-state index is -4.27. The van der Waals surface area contributed by atoms with Crippen LogP contribution in [0.15, 0.2) is 0 Å². The number of quaternary nitrogens is 1. The first-order valence-corrected chi connectivity index (χ1v) is 25.8. The molecule has 0 aromatic rings. The number of unbranched alkanes of at least 4 members (excludes halogenated alkanes) is 32. The maximum atomic E-state index is 12.7. The lowest BCUT2D eigenvalue weighted by atomic mass is 10.0. The van der Waals surface area contributed by atoms with Crippen LogP contribution < -0.4 is 0 Å². The average molecular weight is 819 g/mol. The van der Waals surface area contributed by atoms with Crippen LogP contribution in [0, 0.1) is 0 Å². The lowest BCUT2D eigenvalue weighted by Gasteiger charge is -2.24. The second-order valence-corrected chi connectivity index (χ2v) is 19.3. The first-order valence-electron chi connectivity index (χ1n) is 24.3. The smallest absolute Gasteiger partial charge is 0.457 e. The lowest BCUT2D eigenvalue weighted by Crippen LogP contribution is -2.37. The number of phosphoric ester groups is 1. The zero-order chi connectivity index (χ0) is 41.3. The zero-order valence-electron chi connectivity index (χ0n) is 38.2. The Morgan fingerprint density at radius 1 is 0.482 bits per heavy atom. The van der Waals surface area contributed by atoms with Gasteiger partial charge in [-0.1, -0.05) is 219 Å². The number of ether oxygens (including phenoxy) is 2. The highest BCUT2D eigenvalue weighted by Gasteiger charge is 2.26. The van der Waals surface area contributed by atoms with Gasteiger partial charge in [-0.3, -0.25) is 13.8 Å². The average Bonchev–Trinajstić information content (AvgIpc) is 3.15. The molecule has 8 nitrogen and oxygen atoms in total. The van der Waals surface area contributed by atoms with Crippen molar-refractivity contribution in [3.8, 4) is 0 Å². The fourth-order valence-electron chi connectivity index (χ4n) is 7.14. The van der Waals surface area contributed by atoms with Gasteiger partial charge in [0.25, 0.3) is 0 Å². The summed E-state index contributed by atoms with van der Waals surface area (Å²) >= 11 is 0. The highest BCUT2D eigenvalue weighted by molar-refractivity contribution is 7.47. The molecule has 1 unspecified atom stereocenters. The van der Waals surface area contributed by atoms with E-state index in [0.29, 0.717) is 24.1 Å². The number of hydrogen-bond donors (Lipinski definition) is 1. The summed E-state index contributed by atoms with van der Waals surface area (Å²) in [6.45, 7) is 5.70. The van der Waals surface area contributed by atoms with Crippen molar-refractivity contribution in [2.75, 3.05) is 54.1 Å². The summed E-state index contributed by atoms with van der Waals surface area (Å²) < 4.78 is 35.1. The van der Waals surface area contributed by atoms with Gasteiger partial charge in [0.2, 0.25) is 0 Å². The molecule has 0 saturated heterocycles. The van der Waals surface area contributed by atoms with Crippen LogP contribution in [0.25, 0.3) is 0 Å². The minimum absolute atomic E-state index is 0.0941. The van der Waals surface area contributed by atoms with Crippen LogP contribution in [-0.4, -0.2) is 75.6 Å². The third kappa shape index (κ3) is 44.6. The van der Waals surface area contributed by atoms with E-state index in [-0.39, 0.29) is 25.8 Å². The molecule has 0 heterocycles. The van der Waals surface area contributed by atoms with Gasteiger partial charge in [-0.25, -0.2) is 4.57 Å². The number of phosphoric acid groups is 1. The van der Waals surface area contributed by atoms with Gasteiger partial charge in [0.1, 0.15) is 19.3 Å². The standard InChI is InChI=1S/C47H96NO7P/c1-6-8-10-12-14-16-18-20-22-24-25-26-28-30-32-34-36-38-40-47(49)55-46(45-54-56(50,51)53-43-41-48(3,4)5)44-52-42-39-37-35-33-31-29-27-23-21-19-17-15-13-11-9-7-2/h46H,6-45H2,1-5H3/p+1/t46-/m1/s1. The predicted molar refractivity (Wildman–Crippen MR) is 238 cm³/mol. The molecule has 0 fully saturated rings. The van der Waals surface area contributed by atoms with E-state index < -0.39 is 13.9 Å². The summed E-state index contributed by atoms with van der Waals surface area (Å²) in [6, 6.07) is 0. The molecular weight excluding hydrogens is 721 g/mol. The number of carbonyl (C=O) groups is 1. The van der Waals surface area contributed by atoms with Gasteiger partial charge in [-0.05, 0) is 12.8 Å². The molecule has 0 aliphatic heterocycles. The third-order valence-corrected chi connectivity index (χ3v) is 11.9. The molecule has 0 rings (SSSR count). The van der Waals surface area contributed by atoms with E-state index in [9.17, 15) is 14.3 Å². The van der Waals surface area contributed by atoms with E-state index in [1.165, 1.54) is 186 Å². The number of esters is 1. The molecule has 0 aromatic carbocycles. The van der Waals surface area contributed by atoms with Gasteiger partial charge < -0.3 is 18.9 Å². The lowest BCUT2D eigenvalue weighted by molar-refractivity contribution is -0.870. The second kappa shape index (κ2) is 41.2. The summed E-state index contributed by atoms with van der Waals surface area (Å²) in [6.07, 6.45) is 44.2. The van der Waals surface area contributed by atoms with Crippen molar-refractivity contribution in [1.29, 1.82) is 0 Å². The largest absolute Gasteiger partial charge is 0.472 e. The van der Waals surface area contributed by atoms with E-state index in [2.05, 4.69) is 13.8 Å². The summed E-state index contributed by atoms with van der Waals surface area (Å²) in [5.74, 6) is -0.306. The number of likely N-dealkylation sites (N-methyl/N-ethyl adjacent to an activating group) is 1. The van der Waals surface area contributed by atoms with Crippen molar-refractivity contribution in [2.45, 2.75) is 245 Å². The predicted octanol–water partition coefficient (Wildman–Crippen LogP) is 14.4. The Bertz CT molecular complexity index is 868. The molecule has 0 aliphatic rings. The minimum Gasteiger partial charge on any atom is -0.457 e. The Morgan fingerprint density at radius 2 is 0.821 bits per heavy atom. The van der Waals surface area contributed by atoms with Crippen molar-refractivity contribution >= 4 is 13.8 Å². The van der Waals surface area contributed by atoms with E-state index in [0.717, 1.165) is 32.1 Å². The third-order valence-electron chi connectivity index (χ3n) is 10.9. The highest BCUT2D eigenvalue weighted by atomic mass is 31.2. The van der Waals surface area contributed by atoms with E-state index in [1.54, 1.807) is 0 Å². The Labute approximate surface area is 348 Å². The second-order valence-electron chi connectivity index (χ2n) is 17.9. The SMILES string of the molecule is CCCCCCCCCCCCCCCCCCCCC(=O)O[C@H](COCCCCCCCCCCCCCCCCCC)COP(=O)(O)OCC[N+](C)(C)C. The summed E-state index contributed by atoms with van der Waals surface area (Å²) in [7, 11) is 1.69. The Hall–Kier alpha value is -0.500. The molecule has 1 N–H and O–H groups in total. The monoisotopic (exact) mass is 819 g/mol. The van der Waals surface area contributed by atoms with Crippen LogP contribution >= 0.6 is 7.82 Å².